The number of nitrogens with zero attached hydrogens (tertiary/aromatic N) is 2. The highest BCUT2D eigenvalue weighted by Gasteiger charge is 2.40. The van der Waals surface area contributed by atoms with Crippen molar-refractivity contribution in [3.05, 3.63) is 47.9 Å². The van der Waals surface area contributed by atoms with Crippen molar-refractivity contribution in [1.82, 2.24) is 9.88 Å². The minimum atomic E-state index is -0.562. The van der Waals surface area contributed by atoms with E-state index in [1.807, 2.05) is 45.0 Å². The summed E-state index contributed by atoms with van der Waals surface area (Å²) in [6, 6.07) is 6.65. The van der Waals surface area contributed by atoms with E-state index in [2.05, 4.69) is 4.98 Å². The standard InChI is InChI=1S/C21H23FN2O3/c1-21(2,3)27-20(25)24-15-7-14(8-16(24)12-26-11-15)17-9-13-5-4-6-23-19(13)10-18(17)22/h4-7,9-10,15-16H,8,11-12H2,1-3H3. The number of carbonyl (C=O) groups is 1. The Balaban J connectivity index is 1.68. The number of amides is 1. The van der Waals surface area contributed by atoms with Gasteiger partial charge in [-0.1, -0.05) is 12.1 Å². The van der Waals surface area contributed by atoms with Crippen molar-refractivity contribution in [1.29, 1.82) is 0 Å². The van der Waals surface area contributed by atoms with Crippen molar-refractivity contribution in [2.45, 2.75) is 44.9 Å². The van der Waals surface area contributed by atoms with Gasteiger partial charge in [0, 0.05) is 23.2 Å². The molecule has 5 nitrogen and oxygen atoms in total. The van der Waals surface area contributed by atoms with E-state index in [1.165, 1.54) is 6.07 Å². The lowest BCUT2D eigenvalue weighted by Crippen LogP contribution is -2.57. The Labute approximate surface area is 157 Å². The van der Waals surface area contributed by atoms with Gasteiger partial charge in [0.2, 0.25) is 0 Å². The molecule has 27 heavy (non-hydrogen) atoms. The van der Waals surface area contributed by atoms with Crippen LogP contribution in [0.4, 0.5) is 9.18 Å². The average Bonchev–Trinajstić information content (AvgIpc) is 2.58. The summed E-state index contributed by atoms with van der Waals surface area (Å²) >= 11 is 0. The Bertz CT molecular complexity index is 919. The van der Waals surface area contributed by atoms with Gasteiger partial charge in [-0.3, -0.25) is 9.88 Å². The van der Waals surface area contributed by atoms with Gasteiger partial charge in [-0.05, 0) is 44.9 Å². The van der Waals surface area contributed by atoms with Crippen LogP contribution in [0.5, 0.6) is 0 Å². The lowest BCUT2D eigenvalue weighted by atomic mass is 9.89. The van der Waals surface area contributed by atoms with Crippen molar-refractivity contribution in [3.63, 3.8) is 0 Å². The molecule has 2 bridgehead atoms. The molecule has 2 unspecified atom stereocenters. The second-order valence-corrected chi connectivity index (χ2v) is 8.07. The Morgan fingerprint density at radius 2 is 2.15 bits per heavy atom. The average molecular weight is 370 g/mol. The Hall–Kier alpha value is -2.47. The molecule has 6 heteroatoms. The zero-order chi connectivity index (χ0) is 19.2. The molecular weight excluding hydrogens is 347 g/mol. The first kappa shape index (κ1) is 17.9. The first-order chi connectivity index (χ1) is 12.8. The lowest BCUT2D eigenvalue weighted by molar-refractivity contribution is -0.0510. The second-order valence-electron chi connectivity index (χ2n) is 8.07. The second kappa shape index (κ2) is 6.60. The van der Waals surface area contributed by atoms with Crippen molar-refractivity contribution in [2.24, 2.45) is 0 Å². The summed E-state index contributed by atoms with van der Waals surface area (Å²) in [5.41, 5.74) is 1.54. The van der Waals surface area contributed by atoms with E-state index >= 15 is 0 Å². The quantitative estimate of drug-likeness (QED) is 0.756. The molecule has 4 rings (SSSR count). The van der Waals surface area contributed by atoms with E-state index in [1.54, 1.807) is 11.1 Å². The van der Waals surface area contributed by atoms with Crippen LogP contribution in [0, 0.1) is 5.82 Å². The molecule has 0 saturated carbocycles. The Morgan fingerprint density at radius 3 is 2.89 bits per heavy atom. The van der Waals surface area contributed by atoms with Gasteiger partial charge in [0.05, 0.1) is 30.8 Å². The number of rotatable bonds is 1. The molecule has 2 atom stereocenters. The Morgan fingerprint density at radius 1 is 1.33 bits per heavy atom. The minimum absolute atomic E-state index is 0.164. The van der Waals surface area contributed by atoms with Crippen molar-refractivity contribution >= 4 is 22.6 Å². The van der Waals surface area contributed by atoms with Gasteiger partial charge in [0.15, 0.2) is 0 Å². The van der Waals surface area contributed by atoms with Crippen LogP contribution in [0.3, 0.4) is 0 Å². The number of fused-ring (bicyclic) bond motifs is 3. The Kier molecular flexibility index (Phi) is 4.38. The number of benzene rings is 1. The largest absolute Gasteiger partial charge is 0.444 e. The minimum Gasteiger partial charge on any atom is -0.444 e. The number of ether oxygens (including phenoxy) is 2. The number of hydrogen-bond acceptors (Lipinski definition) is 4. The monoisotopic (exact) mass is 370 g/mol. The molecule has 1 fully saturated rings. The molecule has 0 aliphatic carbocycles. The fourth-order valence-electron chi connectivity index (χ4n) is 3.74. The fraction of sp³-hybridized carbons (Fsp3) is 0.429. The van der Waals surface area contributed by atoms with Gasteiger partial charge in [0.1, 0.15) is 11.4 Å². The predicted octanol–water partition coefficient (Wildman–Crippen LogP) is 4.17. The zero-order valence-corrected chi connectivity index (χ0v) is 15.7. The topological polar surface area (TPSA) is 51.7 Å². The predicted molar refractivity (Wildman–Crippen MR) is 101 cm³/mol. The number of halogens is 1. The molecule has 142 valence electrons. The van der Waals surface area contributed by atoms with Crippen molar-refractivity contribution in [2.75, 3.05) is 13.2 Å². The van der Waals surface area contributed by atoms with Gasteiger partial charge < -0.3 is 9.47 Å². The number of pyridine rings is 1. The molecule has 2 aliphatic heterocycles. The van der Waals surface area contributed by atoms with E-state index in [0.29, 0.717) is 30.7 Å². The summed E-state index contributed by atoms with van der Waals surface area (Å²) in [6.07, 6.45) is 3.76. The molecule has 1 aromatic carbocycles. The number of morpholine rings is 1. The van der Waals surface area contributed by atoms with Crippen LogP contribution in [-0.4, -0.2) is 46.9 Å². The smallest absolute Gasteiger partial charge is 0.411 e. The molecule has 2 aliphatic rings. The van der Waals surface area contributed by atoms with Gasteiger partial charge >= 0.3 is 6.09 Å². The number of aromatic nitrogens is 1. The van der Waals surface area contributed by atoms with Gasteiger partial charge in [-0.25, -0.2) is 9.18 Å². The summed E-state index contributed by atoms with van der Waals surface area (Å²) < 4.78 is 25.9. The molecule has 0 N–H and O–H groups in total. The summed E-state index contributed by atoms with van der Waals surface area (Å²) in [7, 11) is 0. The molecule has 1 amide bonds. The highest BCUT2D eigenvalue weighted by atomic mass is 19.1. The van der Waals surface area contributed by atoms with Crippen LogP contribution in [0.2, 0.25) is 0 Å². The van der Waals surface area contributed by atoms with E-state index in [-0.39, 0.29) is 24.0 Å². The maximum atomic E-state index is 14.7. The van der Waals surface area contributed by atoms with Crippen LogP contribution < -0.4 is 0 Å². The zero-order valence-electron chi connectivity index (χ0n) is 15.7. The van der Waals surface area contributed by atoms with E-state index in [0.717, 1.165) is 11.0 Å². The third-order valence-electron chi connectivity index (χ3n) is 4.84. The highest BCUT2D eigenvalue weighted by molar-refractivity contribution is 5.84. The number of carbonyl (C=O) groups excluding carboxylic acids is 1. The molecule has 1 saturated heterocycles. The van der Waals surface area contributed by atoms with Crippen LogP contribution in [0.1, 0.15) is 32.8 Å². The molecule has 0 radical (unpaired) electrons. The molecule has 1 aromatic heterocycles. The van der Waals surface area contributed by atoms with Gasteiger partial charge in [-0.2, -0.15) is 0 Å². The summed E-state index contributed by atoms with van der Waals surface area (Å²) in [6.45, 7) is 6.35. The van der Waals surface area contributed by atoms with Gasteiger partial charge in [-0.15, -0.1) is 0 Å². The van der Waals surface area contributed by atoms with Crippen LogP contribution >= 0.6 is 0 Å². The third-order valence-corrected chi connectivity index (χ3v) is 4.84. The molecular formula is C21H23FN2O3. The number of hydrogen-bond donors (Lipinski definition) is 0. The normalized spacial score (nSPS) is 22.5. The van der Waals surface area contributed by atoms with Crippen LogP contribution in [0.15, 0.2) is 36.5 Å². The van der Waals surface area contributed by atoms with Gasteiger partial charge in [0.25, 0.3) is 0 Å². The van der Waals surface area contributed by atoms with Crippen LogP contribution in [-0.2, 0) is 9.47 Å². The summed E-state index contributed by atoms with van der Waals surface area (Å²) in [5, 5.41) is 0.894. The molecule has 3 heterocycles. The summed E-state index contributed by atoms with van der Waals surface area (Å²) in [5.74, 6) is -0.294. The third kappa shape index (κ3) is 3.54. The lowest BCUT2D eigenvalue weighted by Gasteiger charge is -2.44. The molecule has 0 spiro atoms. The summed E-state index contributed by atoms with van der Waals surface area (Å²) in [4.78, 5) is 18.6. The van der Waals surface area contributed by atoms with E-state index in [9.17, 15) is 9.18 Å². The van der Waals surface area contributed by atoms with Crippen molar-refractivity contribution in [3.8, 4) is 0 Å². The van der Waals surface area contributed by atoms with Crippen molar-refractivity contribution < 1.29 is 18.7 Å². The SMILES string of the molecule is CC(C)(C)OC(=O)N1C2C=C(c3cc4cccnc4cc3F)CC1COC2. The highest BCUT2D eigenvalue weighted by Crippen LogP contribution is 2.35. The maximum absolute atomic E-state index is 14.7. The first-order valence-corrected chi connectivity index (χ1v) is 9.16. The molecule has 2 aromatic rings. The maximum Gasteiger partial charge on any atom is 0.411 e. The van der Waals surface area contributed by atoms with E-state index in [4.69, 9.17) is 9.47 Å². The van der Waals surface area contributed by atoms with Crippen LogP contribution in [0.25, 0.3) is 16.5 Å². The fourth-order valence-corrected chi connectivity index (χ4v) is 3.74. The first-order valence-electron chi connectivity index (χ1n) is 9.16. The van der Waals surface area contributed by atoms with E-state index < -0.39 is 5.60 Å².